The Kier molecular flexibility index (Phi) is 3.03. The minimum absolute atomic E-state index is 0.101. The molecule has 0 atom stereocenters. The molecule has 2 aromatic carbocycles. The third-order valence-corrected chi connectivity index (χ3v) is 3.35. The lowest BCUT2D eigenvalue weighted by Gasteiger charge is -2.04. The minimum Gasteiger partial charge on any atom is -0.507 e. The molecule has 3 rings (SSSR count). The molecule has 0 aliphatic heterocycles. The number of methoxy groups -OCH3 is 1. The molecule has 0 bridgehead atoms. The molecule has 0 spiro atoms. The average molecular weight is 292 g/mol. The number of phenols is 1. The van der Waals surface area contributed by atoms with Crippen LogP contribution in [0.1, 0.15) is 0 Å². The van der Waals surface area contributed by atoms with Crippen LogP contribution in [0.2, 0.25) is 5.02 Å². The molecular formula is C15H11ClFNO2. The number of phenolic OH excluding ortho intramolecular Hbond substituents is 1. The van der Waals surface area contributed by atoms with Crippen LogP contribution in [-0.4, -0.2) is 17.2 Å². The van der Waals surface area contributed by atoms with Crippen LogP contribution in [0, 0.1) is 5.82 Å². The zero-order chi connectivity index (χ0) is 14.3. The van der Waals surface area contributed by atoms with Crippen molar-refractivity contribution < 1.29 is 14.2 Å². The summed E-state index contributed by atoms with van der Waals surface area (Å²) in [6, 6.07) is 9.71. The number of H-pyrrole nitrogens is 1. The molecule has 0 saturated heterocycles. The molecule has 5 heteroatoms. The van der Waals surface area contributed by atoms with Gasteiger partial charge in [-0.05, 0) is 36.4 Å². The number of aromatic hydroxyl groups is 1. The Hall–Kier alpha value is -2.20. The molecule has 0 aliphatic carbocycles. The number of nitrogens with one attached hydrogen (secondary N) is 1. The number of halogens is 2. The van der Waals surface area contributed by atoms with E-state index in [2.05, 4.69) is 4.98 Å². The average Bonchev–Trinajstić information content (AvgIpc) is 2.79. The summed E-state index contributed by atoms with van der Waals surface area (Å²) in [5.74, 6) is -0.0640. The Labute approximate surface area is 119 Å². The normalized spacial score (nSPS) is 10.9. The van der Waals surface area contributed by atoms with Gasteiger partial charge in [-0.2, -0.15) is 0 Å². The molecule has 0 aliphatic rings. The first-order chi connectivity index (χ1) is 9.58. The van der Waals surface area contributed by atoms with Gasteiger partial charge in [0.05, 0.1) is 18.4 Å². The van der Waals surface area contributed by atoms with Crippen molar-refractivity contribution in [3.05, 3.63) is 47.2 Å². The Balaban J connectivity index is 2.20. The fourth-order valence-electron chi connectivity index (χ4n) is 2.20. The fourth-order valence-corrected chi connectivity index (χ4v) is 2.40. The maximum Gasteiger partial charge on any atom is 0.137 e. The standard InChI is InChI=1S/C15H11ClFNO2/c1-20-10-2-3-12-8(4-10)5-13(18-12)15-11(17)6-9(16)7-14(15)19/h2-7,18-19H,1H3. The lowest BCUT2D eigenvalue weighted by atomic mass is 10.1. The lowest BCUT2D eigenvalue weighted by molar-refractivity contribution is 0.415. The van der Waals surface area contributed by atoms with Crippen molar-refractivity contribution >= 4 is 22.5 Å². The lowest BCUT2D eigenvalue weighted by Crippen LogP contribution is -1.85. The van der Waals surface area contributed by atoms with Crippen LogP contribution in [0.25, 0.3) is 22.2 Å². The molecule has 1 aromatic heterocycles. The van der Waals surface area contributed by atoms with Gasteiger partial charge in [0.2, 0.25) is 0 Å². The first-order valence-corrected chi connectivity index (χ1v) is 6.31. The molecule has 20 heavy (non-hydrogen) atoms. The van der Waals surface area contributed by atoms with E-state index in [1.54, 1.807) is 19.2 Å². The van der Waals surface area contributed by atoms with E-state index < -0.39 is 5.82 Å². The number of rotatable bonds is 2. The highest BCUT2D eigenvalue weighted by atomic mass is 35.5. The monoisotopic (exact) mass is 291 g/mol. The number of aromatic nitrogens is 1. The summed E-state index contributed by atoms with van der Waals surface area (Å²) >= 11 is 5.70. The number of ether oxygens (including phenoxy) is 1. The van der Waals surface area contributed by atoms with Gasteiger partial charge in [-0.1, -0.05) is 11.6 Å². The summed E-state index contributed by atoms with van der Waals surface area (Å²) in [6.45, 7) is 0. The topological polar surface area (TPSA) is 45.2 Å². The van der Waals surface area contributed by atoms with Crippen molar-refractivity contribution in [1.82, 2.24) is 4.98 Å². The summed E-state index contributed by atoms with van der Waals surface area (Å²) in [7, 11) is 1.58. The maximum atomic E-state index is 14.0. The Bertz CT molecular complexity index is 775. The predicted octanol–water partition coefficient (Wildman–Crippen LogP) is 4.34. The number of benzene rings is 2. The number of aromatic amines is 1. The van der Waals surface area contributed by atoms with Crippen LogP contribution < -0.4 is 4.74 Å². The van der Waals surface area contributed by atoms with E-state index >= 15 is 0 Å². The number of fused-ring (bicyclic) bond motifs is 1. The molecule has 0 fully saturated rings. The zero-order valence-corrected chi connectivity index (χ0v) is 11.3. The van der Waals surface area contributed by atoms with Crippen LogP contribution in [0.3, 0.4) is 0 Å². The predicted molar refractivity (Wildman–Crippen MR) is 76.9 cm³/mol. The van der Waals surface area contributed by atoms with Crippen molar-refractivity contribution in [2.45, 2.75) is 0 Å². The van der Waals surface area contributed by atoms with Crippen LogP contribution in [0.15, 0.2) is 36.4 Å². The third-order valence-electron chi connectivity index (χ3n) is 3.13. The molecule has 0 amide bonds. The second kappa shape index (κ2) is 4.72. The van der Waals surface area contributed by atoms with Crippen LogP contribution in [0.4, 0.5) is 4.39 Å². The highest BCUT2D eigenvalue weighted by molar-refractivity contribution is 6.30. The minimum atomic E-state index is -0.575. The van der Waals surface area contributed by atoms with E-state index in [1.165, 1.54) is 12.1 Å². The van der Waals surface area contributed by atoms with Gasteiger partial charge in [-0.25, -0.2) is 4.39 Å². The van der Waals surface area contributed by atoms with E-state index in [0.717, 1.165) is 10.9 Å². The second-order valence-corrected chi connectivity index (χ2v) is 4.85. The van der Waals surface area contributed by atoms with Gasteiger partial charge < -0.3 is 14.8 Å². The number of hydrogen-bond acceptors (Lipinski definition) is 2. The second-order valence-electron chi connectivity index (χ2n) is 4.42. The molecular weight excluding hydrogens is 281 g/mol. The van der Waals surface area contributed by atoms with Crippen molar-refractivity contribution in [3.63, 3.8) is 0 Å². The van der Waals surface area contributed by atoms with Gasteiger partial charge in [-0.3, -0.25) is 0 Å². The maximum absolute atomic E-state index is 14.0. The van der Waals surface area contributed by atoms with Gasteiger partial charge in [0, 0.05) is 15.9 Å². The summed E-state index contributed by atoms with van der Waals surface area (Å²) in [5.41, 5.74) is 1.42. The SMILES string of the molecule is COc1ccc2[nH]c(-c3c(O)cc(Cl)cc3F)cc2c1. The highest BCUT2D eigenvalue weighted by Crippen LogP contribution is 2.36. The van der Waals surface area contributed by atoms with E-state index in [0.29, 0.717) is 11.4 Å². The summed E-state index contributed by atoms with van der Waals surface area (Å²) in [6.07, 6.45) is 0. The quantitative estimate of drug-likeness (QED) is 0.737. The zero-order valence-electron chi connectivity index (χ0n) is 10.6. The molecule has 3 nitrogen and oxygen atoms in total. The molecule has 2 N–H and O–H groups in total. The first-order valence-electron chi connectivity index (χ1n) is 5.93. The van der Waals surface area contributed by atoms with Crippen molar-refractivity contribution in [2.75, 3.05) is 7.11 Å². The van der Waals surface area contributed by atoms with Crippen LogP contribution >= 0.6 is 11.6 Å². The Morgan fingerprint density at radius 2 is 2.00 bits per heavy atom. The van der Waals surface area contributed by atoms with E-state index in [9.17, 15) is 9.50 Å². The number of hydrogen-bond donors (Lipinski definition) is 2. The molecule has 102 valence electrons. The Morgan fingerprint density at radius 1 is 1.20 bits per heavy atom. The molecule has 1 heterocycles. The molecule has 0 unspecified atom stereocenters. The van der Waals surface area contributed by atoms with Gasteiger partial charge in [0.25, 0.3) is 0 Å². The smallest absolute Gasteiger partial charge is 0.137 e. The van der Waals surface area contributed by atoms with Gasteiger partial charge in [0.15, 0.2) is 0 Å². The van der Waals surface area contributed by atoms with Crippen molar-refractivity contribution in [1.29, 1.82) is 0 Å². The third kappa shape index (κ3) is 2.08. The van der Waals surface area contributed by atoms with Crippen LogP contribution in [-0.2, 0) is 0 Å². The van der Waals surface area contributed by atoms with E-state index in [-0.39, 0.29) is 16.3 Å². The van der Waals surface area contributed by atoms with E-state index in [4.69, 9.17) is 16.3 Å². The molecule has 3 aromatic rings. The molecule has 0 radical (unpaired) electrons. The van der Waals surface area contributed by atoms with Gasteiger partial charge in [0.1, 0.15) is 17.3 Å². The summed E-state index contributed by atoms with van der Waals surface area (Å²) in [4.78, 5) is 3.07. The fraction of sp³-hybridized carbons (Fsp3) is 0.0667. The van der Waals surface area contributed by atoms with Crippen LogP contribution in [0.5, 0.6) is 11.5 Å². The first kappa shape index (κ1) is 12.8. The summed E-state index contributed by atoms with van der Waals surface area (Å²) in [5, 5.41) is 10.9. The van der Waals surface area contributed by atoms with Gasteiger partial charge in [-0.15, -0.1) is 0 Å². The molecule has 0 saturated carbocycles. The summed E-state index contributed by atoms with van der Waals surface area (Å²) < 4.78 is 19.1. The van der Waals surface area contributed by atoms with Gasteiger partial charge >= 0.3 is 0 Å². The highest BCUT2D eigenvalue weighted by Gasteiger charge is 2.14. The Morgan fingerprint density at radius 3 is 2.70 bits per heavy atom. The largest absolute Gasteiger partial charge is 0.507 e. The van der Waals surface area contributed by atoms with Crippen molar-refractivity contribution in [2.24, 2.45) is 0 Å². The van der Waals surface area contributed by atoms with Crippen molar-refractivity contribution in [3.8, 4) is 22.8 Å². The van der Waals surface area contributed by atoms with E-state index in [1.807, 2.05) is 12.1 Å².